The van der Waals surface area contributed by atoms with Crippen LogP contribution >= 0.6 is 0 Å². The number of imidazole rings is 1. The average molecular weight is 469 g/mol. The van der Waals surface area contributed by atoms with Crippen LogP contribution in [0.5, 0.6) is 0 Å². The Morgan fingerprint density at radius 1 is 1.28 bits per heavy atom. The zero-order chi connectivity index (χ0) is 24.1. The number of carbonyl (C=O) groups excluding carboxylic acids is 2. The number of piperidine rings is 1. The largest absolute Gasteiger partial charge is 0.444 e. The maximum Gasteiger partial charge on any atom is 0.410 e. The van der Waals surface area contributed by atoms with E-state index >= 15 is 0 Å². The number of likely N-dealkylation sites (tertiary alicyclic amines) is 1. The van der Waals surface area contributed by atoms with E-state index in [0.29, 0.717) is 38.7 Å². The predicted molar refractivity (Wildman–Crippen MR) is 126 cm³/mol. The third kappa shape index (κ3) is 7.90. The summed E-state index contributed by atoms with van der Waals surface area (Å²) in [5, 5.41) is 3.04. The van der Waals surface area contributed by atoms with E-state index in [4.69, 9.17) is 14.2 Å². The number of nitrogens with one attached hydrogen (secondary N) is 1. The summed E-state index contributed by atoms with van der Waals surface area (Å²) in [4.78, 5) is 31.3. The van der Waals surface area contributed by atoms with Crippen molar-refractivity contribution in [1.82, 2.24) is 19.8 Å². The summed E-state index contributed by atoms with van der Waals surface area (Å²) in [6, 6.07) is 0.832. The van der Waals surface area contributed by atoms with Crippen LogP contribution in [0.2, 0.25) is 25.7 Å². The summed E-state index contributed by atoms with van der Waals surface area (Å²) >= 11 is 0. The smallest absolute Gasteiger partial charge is 0.410 e. The zero-order valence-corrected chi connectivity index (χ0v) is 21.9. The molecule has 0 radical (unpaired) electrons. The minimum absolute atomic E-state index is 0.232. The van der Waals surface area contributed by atoms with Gasteiger partial charge in [0, 0.05) is 40.2 Å². The number of methoxy groups -OCH3 is 1. The fraction of sp³-hybridized carbons (Fsp3) is 0.773. The first kappa shape index (κ1) is 26.3. The molecular formula is C22H40N4O5Si. The molecule has 2 heterocycles. The van der Waals surface area contributed by atoms with Crippen LogP contribution < -0.4 is 5.32 Å². The molecule has 1 saturated heterocycles. The monoisotopic (exact) mass is 468 g/mol. The van der Waals surface area contributed by atoms with Crippen molar-refractivity contribution in [2.45, 2.75) is 84.3 Å². The second kappa shape index (κ2) is 10.8. The summed E-state index contributed by atoms with van der Waals surface area (Å²) in [5.41, 5.74) is 0.308. The highest BCUT2D eigenvalue weighted by Gasteiger charge is 2.35. The van der Waals surface area contributed by atoms with Crippen molar-refractivity contribution in [1.29, 1.82) is 0 Å². The maximum absolute atomic E-state index is 13.0. The molecule has 32 heavy (non-hydrogen) atoms. The minimum atomic E-state index is -1.18. The molecule has 1 aromatic rings. The van der Waals surface area contributed by atoms with Gasteiger partial charge in [0.1, 0.15) is 12.3 Å². The van der Waals surface area contributed by atoms with Gasteiger partial charge < -0.3 is 29.0 Å². The van der Waals surface area contributed by atoms with Crippen molar-refractivity contribution in [3.05, 3.63) is 17.7 Å². The molecule has 1 N–H and O–H groups in total. The first-order valence-electron chi connectivity index (χ1n) is 11.2. The molecule has 1 aliphatic heterocycles. The molecule has 1 aliphatic rings. The van der Waals surface area contributed by atoms with Gasteiger partial charge in [-0.1, -0.05) is 19.6 Å². The van der Waals surface area contributed by atoms with E-state index in [1.165, 1.54) is 0 Å². The molecule has 0 saturated carbocycles. The molecule has 0 aliphatic carbocycles. The van der Waals surface area contributed by atoms with Crippen LogP contribution in [-0.2, 0) is 20.9 Å². The Hall–Kier alpha value is -1.91. The number of nitrogens with zero attached hydrogens (tertiary/aromatic N) is 3. The van der Waals surface area contributed by atoms with E-state index in [2.05, 4.69) is 29.9 Å². The summed E-state index contributed by atoms with van der Waals surface area (Å²) in [6.45, 7) is 16.1. The van der Waals surface area contributed by atoms with Gasteiger partial charge in [0.05, 0.1) is 18.7 Å². The zero-order valence-electron chi connectivity index (χ0n) is 20.9. The summed E-state index contributed by atoms with van der Waals surface area (Å²) in [7, 11) is 0.406. The van der Waals surface area contributed by atoms with Crippen molar-refractivity contribution in [2.24, 2.45) is 0 Å². The summed E-state index contributed by atoms with van der Waals surface area (Å²) in [6.07, 6.45) is 1.54. The van der Waals surface area contributed by atoms with Crippen molar-refractivity contribution in [3.63, 3.8) is 0 Å². The number of aromatic nitrogens is 2. The van der Waals surface area contributed by atoms with Gasteiger partial charge in [-0.15, -0.1) is 0 Å². The lowest BCUT2D eigenvalue weighted by Gasteiger charge is -2.38. The van der Waals surface area contributed by atoms with E-state index in [0.717, 1.165) is 11.7 Å². The molecule has 2 atom stereocenters. The van der Waals surface area contributed by atoms with Crippen molar-refractivity contribution in [2.75, 3.05) is 26.8 Å². The highest BCUT2D eigenvalue weighted by Crippen LogP contribution is 2.18. The number of aryl methyl sites for hydroxylation is 1. The predicted octanol–water partition coefficient (Wildman–Crippen LogP) is 3.26. The van der Waals surface area contributed by atoms with E-state index in [1.54, 1.807) is 22.8 Å². The lowest BCUT2D eigenvalue weighted by Crippen LogP contribution is -2.56. The Labute approximate surface area is 192 Å². The number of carbonyl (C=O) groups is 2. The summed E-state index contributed by atoms with van der Waals surface area (Å²) in [5.74, 6) is 0.0459. The van der Waals surface area contributed by atoms with E-state index in [9.17, 15) is 9.59 Å². The van der Waals surface area contributed by atoms with Gasteiger partial charge >= 0.3 is 6.09 Å². The molecule has 9 nitrogen and oxygen atoms in total. The highest BCUT2D eigenvalue weighted by molar-refractivity contribution is 6.76. The van der Waals surface area contributed by atoms with Crippen LogP contribution in [-0.4, -0.2) is 79.1 Å². The molecular weight excluding hydrogens is 428 g/mol. The Kier molecular flexibility index (Phi) is 8.89. The van der Waals surface area contributed by atoms with Gasteiger partial charge in [0.25, 0.3) is 5.91 Å². The van der Waals surface area contributed by atoms with Crippen molar-refractivity contribution >= 4 is 20.1 Å². The topological polar surface area (TPSA) is 94.9 Å². The van der Waals surface area contributed by atoms with E-state index in [-0.39, 0.29) is 24.1 Å². The normalized spacial score (nSPS) is 19.7. The van der Waals surface area contributed by atoms with Gasteiger partial charge in [-0.05, 0) is 40.2 Å². The quantitative estimate of drug-likeness (QED) is 0.465. The molecule has 0 aromatic carbocycles. The molecule has 0 spiro atoms. The van der Waals surface area contributed by atoms with Crippen molar-refractivity contribution in [3.8, 4) is 0 Å². The maximum atomic E-state index is 13.0. The molecule has 10 heteroatoms. The molecule has 2 amide bonds. The minimum Gasteiger partial charge on any atom is -0.444 e. The standard InChI is InChI=1S/C22H40N4O5Si/c1-16-13-23-19(26(16)15-30-11-12-32(6,7)8)20(27)24-17-9-10-25(14-18(17)29-5)21(28)31-22(2,3)4/h13,17-18H,9-12,14-15H2,1-8H3,(H,24,27)/t17-,18+/m1/s1. The second-order valence-electron chi connectivity index (χ2n) is 10.6. The van der Waals surface area contributed by atoms with Gasteiger partial charge in [-0.3, -0.25) is 4.79 Å². The SMILES string of the molecule is CO[C@H]1CN(C(=O)OC(C)(C)C)CC[C@H]1NC(=O)c1ncc(C)n1COCC[Si](C)(C)C. The third-order valence-electron chi connectivity index (χ3n) is 5.31. The van der Waals surface area contributed by atoms with E-state index in [1.807, 2.05) is 27.7 Å². The van der Waals surface area contributed by atoms with Crippen LogP contribution in [0.1, 0.15) is 43.5 Å². The molecule has 0 unspecified atom stereocenters. The highest BCUT2D eigenvalue weighted by atomic mass is 28.3. The first-order valence-corrected chi connectivity index (χ1v) is 14.9. The van der Waals surface area contributed by atoms with Crippen LogP contribution in [0.25, 0.3) is 0 Å². The average Bonchev–Trinajstić information content (AvgIpc) is 3.04. The fourth-order valence-electron chi connectivity index (χ4n) is 3.39. The number of amides is 2. The molecule has 0 bridgehead atoms. The molecule has 182 valence electrons. The second-order valence-corrected chi connectivity index (χ2v) is 16.2. The first-order chi connectivity index (χ1) is 14.8. The number of hydrogen-bond donors (Lipinski definition) is 1. The fourth-order valence-corrected chi connectivity index (χ4v) is 4.14. The van der Waals surface area contributed by atoms with Crippen LogP contribution in [0, 0.1) is 6.92 Å². The Morgan fingerprint density at radius 2 is 1.97 bits per heavy atom. The van der Waals surface area contributed by atoms with Gasteiger partial charge in [0.15, 0.2) is 0 Å². The van der Waals surface area contributed by atoms with Crippen LogP contribution in [0.3, 0.4) is 0 Å². The molecule has 1 aromatic heterocycles. The number of ether oxygens (including phenoxy) is 3. The Bertz CT molecular complexity index is 784. The van der Waals surface area contributed by atoms with Crippen LogP contribution in [0.15, 0.2) is 6.20 Å². The Balaban J connectivity index is 1.97. The van der Waals surface area contributed by atoms with Gasteiger partial charge in [-0.2, -0.15) is 0 Å². The Morgan fingerprint density at radius 3 is 2.56 bits per heavy atom. The lowest BCUT2D eigenvalue weighted by molar-refractivity contribution is -0.0173. The lowest BCUT2D eigenvalue weighted by atomic mass is 10.0. The molecule has 1 fully saturated rings. The summed E-state index contributed by atoms with van der Waals surface area (Å²) < 4.78 is 18.7. The number of rotatable bonds is 8. The van der Waals surface area contributed by atoms with Gasteiger partial charge in [-0.25, -0.2) is 9.78 Å². The molecule has 2 rings (SSSR count). The third-order valence-corrected chi connectivity index (χ3v) is 7.01. The number of hydrogen-bond acceptors (Lipinski definition) is 6. The van der Waals surface area contributed by atoms with Crippen LogP contribution in [0.4, 0.5) is 4.79 Å². The van der Waals surface area contributed by atoms with Gasteiger partial charge in [0.2, 0.25) is 5.82 Å². The van der Waals surface area contributed by atoms with E-state index < -0.39 is 13.7 Å². The van der Waals surface area contributed by atoms with Crippen molar-refractivity contribution < 1.29 is 23.8 Å².